The van der Waals surface area contributed by atoms with E-state index in [1.165, 1.54) is 0 Å². The molecule has 0 saturated carbocycles. The van der Waals surface area contributed by atoms with Crippen LogP contribution >= 0.6 is 0 Å². The van der Waals surface area contributed by atoms with Gasteiger partial charge in [0.1, 0.15) is 6.61 Å². The van der Waals surface area contributed by atoms with E-state index in [2.05, 4.69) is 31.8 Å². The summed E-state index contributed by atoms with van der Waals surface area (Å²) in [6.07, 6.45) is -0.808. The highest BCUT2D eigenvalue weighted by Crippen LogP contribution is 2.12. The Labute approximate surface area is 154 Å². The lowest BCUT2D eigenvalue weighted by atomic mass is 10.1. The van der Waals surface area contributed by atoms with Crippen LogP contribution in [0.4, 0.5) is 4.79 Å². The summed E-state index contributed by atoms with van der Waals surface area (Å²) in [7, 11) is 0. The third-order valence-corrected chi connectivity index (χ3v) is 2.84. The highest BCUT2D eigenvalue weighted by atomic mass is 16.5. The van der Waals surface area contributed by atoms with E-state index < -0.39 is 18.1 Å². The van der Waals surface area contributed by atoms with Gasteiger partial charge in [-0.3, -0.25) is 0 Å². The topological polar surface area (TPSA) is 106 Å². The van der Waals surface area contributed by atoms with Crippen molar-refractivity contribution >= 4 is 12.1 Å². The van der Waals surface area contributed by atoms with E-state index in [-0.39, 0.29) is 12.1 Å². The normalized spacial score (nSPS) is 11.5. The number of rotatable bonds is 5. The minimum absolute atomic E-state index is 0.0707. The first-order valence-electron chi connectivity index (χ1n) is 8.25. The van der Waals surface area contributed by atoms with E-state index in [1.807, 2.05) is 18.2 Å². The molecule has 0 saturated heterocycles. The van der Waals surface area contributed by atoms with E-state index in [9.17, 15) is 14.7 Å². The fourth-order valence-electron chi connectivity index (χ4n) is 1.81. The highest BCUT2D eigenvalue weighted by Gasteiger charge is 2.16. The minimum atomic E-state index is -1.39. The van der Waals surface area contributed by atoms with Crippen molar-refractivity contribution in [1.29, 1.82) is 0 Å². The number of aliphatic carboxylic acids is 1. The van der Waals surface area contributed by atoms with Crippen LogP contribution in [0, 0.1) is 0 Å². The van der Waals surface area contributed by atoms with E-state index in [4.69, 9.17) is 4.74 Å². The first-order chi connectivity index (χ1) is 12.2. The summed E-state index contributed by atoms with van der Waals surface area (Å²) < 4.78 is 4.99. The highest BCUT2D eigenvalue weighted by molar-refractivity contribution is 5.80. The van der Waals surface area contributed by atoms with Crippen molar-refractivity contribution in [3.05, 3.63) is 71.8 Å². The first-order valence-corrected chi connectivity index (χ1v) is 8.25. The summed E-state index contributed by atoms with van der Waals surface area (Å²) in [4.78, 5) is 22.8. The van der Waals surface area contributed by atoms with Gasteiger partial charge in [-0.05, 0) is 31.9 Å². The van der Waals surface area contributed by atoms with Crippen molar-refractivity contribution in [2.75, 3.05) is 0 Å². The number of hydrogen-bond acceptors (Lipinski definition) is 4. The predicted octanol–water partition coefficient (Wildman–Crippen LogP) is 1.43. The number of benzene rings is 2. The Morgan fingerprint density at radius 3 is 1.96 bits per heavy atom. The molecule has 140 valence electrons. The summed E-state index contributed by atoms with van der Waals surface area (Å²) >= 11 is 0. The summed E-state index contributed by atoms with van der Waals surface area (Å²) in [5.41, 5.74) is 5.26. The largest absolute Gasteiger partial charge is 0.548 e. The third kappa shape index (κ3) is 9.44. The van der Waals surface area contributed by atoms with E-state index in [1.54, 1.807) is 42.5 Å². The number of carboxylic acids is 1. The van der Waals surface area contributed by atoms with Gasteiger partial charge in [-0.1, -0.05) is 60.7 Å². The van der Waals surface area contributed by atoms with Crippen molar-refractivity contribution in [2.24, 2.45) is 0 Å². The number of hydrogen-bond donors (Lipinski definition) is 2. The Morgan fingerprint density at radius 1 is 1.04 bits per heavy atom. The molecule has 0 bridgehead atoms. The molecular weight excluding hydrogens is 332 g/mol. The molecule has 1 atom stereocenters. The van der Waals surface area contributed by atoms with Crippen LogP contribution in [-0.4, -0.2) is 17.6 Å². The summed E-state index contributed by atoms with van der Waals surface area (Å²) in [6, 6.07) is 16.2. The molecule has 1 amide bonds. The molecule has 2 aromatic rings. The molecule has 2 rings (SSSR count). The fourth-order valence-corrected chi connectivity index (χ4v) is 1.81. The number of quaternary nitrogens is 1. The fraction of sp³-hybridized carbons (Fsp3) is 0.300. The van der Waals surface area contributed by atoms with Gasteiger partial charge >= 0.3 is 6.09 Å². The quantitative estimate of drug-likeness (QED) is 0.843. The molecule has 0 aliphatic heterocycles. The Hall–Kier alpha value is -2.86. The third-order valence-electron chi connectivity index (χ3n) is 2.84. The number of carboxylic acid groups (broad SMARTS) is 1. The lowest BCUT2D eigenvalue weighted by Crippen LogP contribution is -2.67. The summed E-state index contributed by atoms with van der Waals surface area (Å²) in [5.74, 6) is -1.39. The predicted molar refractivity (Wildman–Crippen MR) is 96.6 cm³/mol. The number of alkyl carbamates (subject to hydrolysis) is 1. The summed E-state index contributed by atoms with van der Waals surface area (Å²) in [5, 5.41) is 13.4. The maximum absolute atomic E-state index is 11.7. The van der Waals surface area contributed by atoms with Crippen LogP contribution < -0.4 is 16.2 Å². The minimum Gasteiger partial charge on any atom is -0.548 e. The maximum atomic E-state index is 11.7. The Balaban J connectivity index is 0.000000597. The van der Waals surface area contributed by atoms with Crippen molar-refractivity contribution in [2.45, 2.75) is 39.0 Å². The summed E-state index contributed by atoms with van der Waals surface area (Å²) in [6.45, 7) is 6.30. The van der Waals surface area contributed by atoms with Gasteiger partial charge in [0.05, 0.1) is 17.6 Å². The molecule has 0 radical (unpaired) electrons. The Kier molecular flexibility index (Phi) is 8.31. The van der Waals surface area contributed by atoms with Crippen molar-refractivity contribution in [1.82, 2.24) is 5.32 Å². The number of amides is 1. The van der Waals surface area contributed by atoms with Gasteiger partial charge in [-0.2, -0.15) is 0 Å². The molecule has 6 nitrogen and oxygen atoms in total. The molecule has 0 fully saturated rings. The lowest BCUT2D eigenvalue weighted by molar-refractivity contribution is -0.458. The zero-order valence-corrected chi connectivity index (χ0v) is 15.4. The molecule has 0 spiro atoms. The molecule has 0 heterocycles. The van der Waals surface area contributed by atoms with Crippen LogP contribution in [0.1, 0.15) is 37.9 Å². The molecular formula is C20H26N2O4. The first kappa shape index (κ1) is 21.2. The van der Waals surface area contributed by atoms with Gasteiger partial charge in [0.15, 0.2) is 0 Å². The van der Waals surface area contributed by atoms with E-state index >= 15 is 0 Å². The van der Waals surface area contributed by atoms with Crippen molar-refractivity contribution in [3.8, 4) is 0 Å². The average Bonchev–Trinajstić information content (AvgIpc) is 2.58. The standard InChI is InChI=1S/C16H15NO4.C4H11N/c18-15(19)14(13-9-5-2-6-10-13)17-16(20)21-11-12-7-3-1-4-8-12;1-4(2,3)5/h1-10,14H,11H2,(H,17,20)(H,18,19);5H2,1-3H3/t14-;/m0./s1. The maximum Gasteiger partial charge on any atom is 0.408 e. The second-order valence-corrected chi connectivity index (χ2v) is 6.93. The Bertz CT molecular complexity index is 676. The van der Waals surface area contributed by atoms with Gasteiger partial charge in [0, 0.05) is 0 Å². The van der Waals surface area contributed by atoms with Crippen molar-refractivity contribution in [3.63, 3.8) is 0 Å². The zero-order valence-electron chi connectivity index (χ0n) is 15.4. The second-order valence-electron chi connectivity index (χ2n) is 6.93. The van der Waals surface area contributed by atoms with Crippen LogP contribution in [-0.2, 0) is 16.1 Å². The average molecular weight is 358 g/mol. The molecule has 26 heavy (non-hydrogen) atoms. The van der Waals surface area contributed by atoms with E-state index in [0.29, 0.717) is 5.56 Å². The van der Waals surface area contributed by atoms with Gasteiger partial charge in [0.2, 0.25) is 0 Å². The van der Waals surface area contributed by atoms with Gasteiger partial charge < -0.3 is 25.7 Å². The van der Waals surface area contributed by atoms with Crippen LogP contribution in [0.3, 0.4) is 0 Å². The molecule has 2 aromatic carbocycles. The van der Waals surface area contributed by atoms with Gasteiger partial charge in [0.25, 0.3) is 0 Å². The van der Waals surface area contributed by atoms with Gasteiger partial charge in [-0.25, -0.2) is 4.79 Å². The van der Waals surface area contributed by atoms with Gasteiger partial charge in [-0.15, -0.1) is 0 Å². The molecule has 0 aromatic heterocycles. The van der Waals surface area contributed by atoms with Crippen LogP contribution in [0.25, 0.3) is 0 Å². The zero-order chi connectivity index (χ0) is 19.6. The molecule has 4 N–H and O–H groups in total. The smallest absolute Gasteiger partial charge is 0.408 e. The number of nitrogens with one attached hydrogen (secondary N) is 1. The van der Waals surface area contributed by atoms with Crippen LogP contribution in [0.5, 0.6) is 0 Å². The second kappa shape index (κ2) is 10.2. The molecule has 0 aliphatic rings. The van der Waals surface area contributed by atoms with Crippen LogP contribution in [0.15, 0.2) is 60.7 Å². The van der Waals surface area contributed by atoms with Crippen molar-refractivity contribution < 1.29 is 25.2 Å². The monoisotopic (exact) mass is 358 g/mol. The van der Waals surface area contributed by atoms with Crippen LogP contribution in [0.2, 0.25) is 0 Å². The molecule has 0 aliphatic carbocycles. The van der Waals surface area contributed by atoms with E-state index in [0.717, 1.165) is 5.56 Å². The Morgan fingerprint density at radius 2 is 1.50 bits per heavy atom. The number of carbonyl (C=O) groups excluding carboxylic acids is 2. The number of carbonyl (C=O) groups is 2. The number of ether oxygens (including phenoxy) is 1. The molecule has 6 heteroatoms. The lowest BCUT2D eigenvalue weighted by Gasteiger charge is -2.19. The SMILES string of the molecule is CC(C)(C)[NH3+].O=C(N[C@H](C(=O)[O-])c1ccccc1)OCc1ccccc1. The molecule has 0 unspecified atom stereocenters.